The number of anilines is 1. The second kappa shape index (κ2) is 11.1. The lowest BCUT2D eigenvalue weighted by Crippen LogP contribution is -2.31. The molecular weight excluding hydrogens is 454 g/mol. The maximum Gasteiger partial charge on any atom is 0.341 e. The molecule has 0 amide bonds. The van der Waals surface area contributed by atoms with Crippen LogP contribution in [-0.4, -0.2) is 35.1 Å². The van der Waals surface area contributed by atoms with Gasteiger partial charge in [0, 0.05) is 24.7 Å². The third kappa shape index (κ3) is 5.78. The highest BCUT2D eigenvalue weighted by Crippen LogP contribution is 2.28. The fraction of sp³-hybridized carbons (Fsp3) is 0.217. The monoisotopic (exact) mass is 476 g/mol. The maximum atomic E-state index is 14.8. The minimum atomic E-state index is -1.38. The van der Waals surface area contributed by atoms with Gasteiger partial charge in [-0.1, -0.05) is 24.3 Å². The van der Waals surface area contributed by atoms with Crippen molar-refractivity contribution in [2.75, 3.05) is 24.8 Å². The first-order valence-corrected chi connectivity index (χ1v) is 11.3. The summed E-state index contributed by atoms with van der Waals surface area (Å²) in [7, 11) is 1.13. The molecule has 2 N–H and O–H groups in total. The molecule has 0 fully saturated rings. The average Bonchev–Trinajstić information content (AvgIpc) is 2.81. The van der Waals surface area contributed by atoms with E-state index in [1.54, 1.807) is 0 Å². The summed E-state index contributed by atoms with van der Waals surface area (Å²) >= 11 is -1.38. The number of hydrogen-bond acceptors (Lipinski definition) is 6. The number of aliphatic hydroxyl groups is 1. The molecule has 10 heteroatoms. The van der Waals surface area contributed by atoms with Crippen LogP contribution >= 0.6 is 0 Å². The van der Waals surface area contributed by atoms with Crippen LogP contribution in [0.5, 0.6) is 0 Å². The summed E-state index contributed by atoms with van der Waals surface area (Å²) in [5.41, 5.74) is 0.414. The van der Waals surface area contributed by atoms with Gasteiger partial charge in [-0.2, -0.15) is 0 Å². The first-order chi connectivity index (χ1) is 15.8. The van der Waals surface area contributed by atoms with Gasteiger partial charge in [0.15, 0.2) is 4.90 Å². The van der Waals surface area contributed by atoms with Gasteiger partial charge in [-0.25, -0.2) is 18.3 Å². The fourth-order valence-electron chi connectivity index (χ4n) is 3.17. The van der Waals surface area contributed by atoms with E-state index in [2.05, 4.69) is 10.1 Å². The van der Waals surface area contributed by atoms with Gasteiger partial charge in [0.2, 0.25) is 0 Å². The van der Waals surface area contributed by atoms with E-state index in [0.717, 1.165) is 13.2 Å². The molecule has 1 atom stereocenters. The van der Waals surface area contributed by atoms with Crippen LogP contribution in [0.1, 0.15) is 22.3 Å². The third-order valence-electron chi connectivity index (χ3n) is 4.87. The number of pyridine rings is 1. The summed E-state index contributed by atoms with van der Waals surface area (Å²) < 4.78 is 46.4. The Morgan fingerprint density at radius 1 is 1.18 bits per heavy atom. The van der Waals surface area contributed by atoms with Crippen LogP contribution in [0.4, 0.5) is 14.6 Å². The van der Waals surface area contributed by atoms with Crippen LogP contribution < -0.4 is 10.0 Å². The number of hydrogen-bond donors (Lipinski definition) is 2. The van der Waals surface area contributed by atoms with E-state index in [0.29, 0.717) is 16.0 Å². The molecule has 0 aliphatic rings. The lowest BCUT2D eigenvalue weighted by molar-refractivity contribution is -0.590. The largest absolute Gasteiger partial charge is 0.711 e. The van der Waals surface area contributed by atoms with Gasteiger partial charge in [0.05, 0.1) is 19.4 Å². The number of rotatable bonds is 9. The van der Waals surface area contributed by atoms with Crippen LogP contribution in [0.25, 0.3) is 11.1 Å². The second-order valence-corrected chi connectivity index (χ2v) is 8.58. The van der Waals surface area contributed by atoms with Gasteiger partial charge < -0.3 is 19.6 Å². The highest BCUT2D eigenvalue weighted by Gasteiger charge is 2.20. The summed E-state index contributed by atoms with van der Waals surface area (Å²) in [4.78, 5) is 12.4. The molecule has 2 aromatic carbocycles. The molecule has 7 nitrogen and oxygen atoms in total. The molecule has 33 heavy (non-hydrogen) atoms. The van der Waals surface area contributed by atoms with Gasteiger partial charge in [-0.15, -0.1) is 0 Å². The summed E-state index contributed by atoms with van der Waals surface area (Å²) in [6.45, 7) is -0.134. The minimum absolute atomic E-state index is 0.0475. The fourth-order valence-corrected chi connectivity index (χ4v) is 4.25. The molecule has 3 aromatic rings. The van der Waals surface area contributed by atoms with Gasteiger partial charge >= 0.3 is 5.97 Å². The summed E-state index contributed by atoms with van der Waals surface area (Å²) in [5.74, 6) is -1.93. The van der Waals surface area contributed by atoms with Crippen molar-refractivity contribution in [2.45, 2.75) is 17.9 Å². The van der Waals surface area contributed by atoms with Crippen molar-refractivity contribution in [1.82, 2.24) is 0 Å². The number of ether oxygens (including phenoxy) is 1. The standard InChI is InChI=1S/C23H22F2N2O5S/c1-32-23(29)22-18(4-2-5-19(22)24)15-6-7-16(20(25)12-15)14-26-21-13-17(8-9-27(21)30)33(31)11-3-10-28/h2,4-9,12-13,26,28H,3,10-11,14H2,1H3. The van der Waals surface area contributed by atoms with Crippen molar-refractivity contribution in [3.05, 3.63) is 82.7 Å². The number of carbonyl (C=O) groups excluding carboxylic acids is 1. The number of esters is 1. The first-order valence-electron chi connectivity index (χ1n) is 9.97. The van der Waals surface area contributed by atoms with E-state index in [4.69, 9.17) is 5.11 Å². The van der Waals surface area contributed by atoms with Gasteiger partial charge in [-0.3, -0.25) is 5.32 Å². The van der Waals surface area contributed by atoms with E-state index in [1.807, 2.05) is 0 Å². The SMILES string of the molecule is COC(=O)c1c(F)cccc1-c1ccc(CNc2cc([S+]([O-])CCCO)cc[n+]2[O-])c(F)c1. The molecule has 3 rings (SSSR count). The first kappa shape index (κ1) is 24.4. The number of aliphatic hydroxyl groups excluding tert-OH is 1. The van der Waals surface area contributed by atoms with Crippen molar-refractivity contribution in [3.63, 3.8) is 0 Å². The number of aromatic nitrogens is 1. The molecule has 0 bridgehead atoms. The Morgan fingerprint density at radius 2 is 1.97 bits per heavy atom. The van der Waals surface area contributed by atoms with Crippen LogP contribution in [0.3, 0.4) is 0 Å². The Hall–Kier alpha value is -3.21. The molecule has 0 aliphatic carbocycles. The molecule has 0 saturated carbocycles. The molecule has 0 aliphatic heterocycles. The zero-order valence-electron chi connectivity index (χ0n) is 17.7. The zero-order chi connectivity index (χ0) is 24.0. The predicted octanol–water partition coefficient (Wildman–Crippen LogP) is 3.15. The highest BCUT2D eigenvalue weighted by atomic mass is 32.2. The molecule has 0 spiro atoms. The number of nitrogens with zero attached hydrogens (tertiary/aromatic N) is 1. The van der Waals surface area contributed by atoms with Crippen molar-refractivity contribution in [1.29, 1.82) is 0 Å². The predicted molar refractivity (Wildman–Crippen MR) is 119 cm³/mol. The van der Waals surface area contributed by atoms with Crippen molar-refractivity contribution < 1.29 is 32.7 Å². The minimum Gasteiger partial charge on any atom is -0.711 e. The van der Waals surface area contributed by atoms with Crippen LogP contribution in [0.15, 0.2) is 59.6 Å². The van der Waals surface area contributed by atoms with E-state index >= 15 is 0 Å². The van der Waals surface area contributed by atoms with Crippen molar-refractivity contribution in [3.8, 4) is 11.1 Å². The number of halogens is 2. The second-order valence-electron chi connectivity index (χ2n) is 7.01. The quantitative estimate of drug-likeness (QED) is 0.213. The van der Waals surface area contributed by atoms with E-state index in [-0.39, 0.29) is 47.0 Å². The van der Waals surface area contributed by atoms with E-state index < -0.39 is 28.8 Å². The van der Waals surface area contributed by atoms with Gasteiger partial charge in [0.25, 0.3) is 5.82 Å². The Morgan fingerprint density at radius 3 is 2.67 bits per heavy atom. The smallest absolute Gasteiger partial charge is 0.341 e. The third-order valence-corrected chi connectivity index (χ3v) is 6.31. The van der Waals surface area contributed by atoms with Gasteiger partial charge in [0.1, 0.15) is 29.5 Å². The Bertz CT molecular complexity index is 1150. The number of nitrogens with one attached hydrogen (secondary N) is 1. The number of methoxy groups -OCH3 is 1. The number of carbonyl (C=O) groups is 1. The van der Waals surface area contributed by atoms with E-state index in [1.165, 1.54) is 48.7 Å². The lowest BCUT2D eigenvalue weighted by Gasteiger charge is -2.13. The van der Waals surface area contributed by atoms with Crippen LogP contribution in [0.2, 0.25) is 0 Å². The highest BCUT2D eigenvalue weighted by molar-refractivity contribution is 7.91. The Kier molecular flexibility index (Phi) is 8.21. The Labute approximate surface area is 192 Å². The van der Waals surface area contributed by atoms with Crippen LogP contribution in [-0.2, 0) is 22.5 Å². The Balaban J connectivity index is 1.81. The summed E-state index contributed by atoms with van der Waals surface area (Å²) in [6, 6.07) is 11.0. The van der Waals surface area contributed by atoms with Crippen molar-refractivity contribution >= 4 is 23.0 Å². The van der Waals surface area contributed by atoms with Crippen molar-refractivity contribution in [2.24, 2.45) is 0 Å². The number of benzene rings is 2. The van der Waals surface area contributed by atoms with Crippen LogP contribution in [0, 0.1) is 16.8 Å². The maximum absolute atomic E-state index is 14.8. The molecule has 174 valence electrons. The van der Waals surface area contributed by atoms with E-state index in [9.17, 15) is 23.3 Å². The molecule has 1 heterocycles. The lowest BCUT2D eigenvalue weighted by atomic mass is 9.98. The molecule has 1 unspecified atom stereocenters. The summed E-state index contributed by atoms with van der Waals surface area (Å²) in [5, 5.41) is 23.8. The normalized spacial score (nSPS) is 11.8. The molecule has 1 aromatic heterocycles. The zero-order valence-corrected chi connectivity index (χ0v) is 18.5. The molecule has 0 radical (unpaired) electrons. The topological polar surface area (TPSA) is 109 Å². The summed E-state index contributed by atoms with van der Waals surface area (Å²) in [6.07, 6.45) is 1.56. The molecular formula is C23H22F2N2O5S. The van der Waals surface area contributed by atoms with Gasteiger partial charge in [-0.05, 0) is 34.4 Å². The average molecular weight is 477 g/mol. The molecule has 0 saturated heterocycles.